The van der Waals surface area contributed by atoms with Crippen molar-refractivity contribution >= 4 is 70.5 Å². The average Bonchev–Trinajstić information content (AvgIpc) is 0.732. The summed E-state index contributed by atoms with van der Waals surface area (Å²) in [6.45, 7) is 9.59. The van der Waals surface area contributed by atoms with Crippen molar-refractivity contribution in [2.24, 2.45) is 17.4 Å². The molecular formula is C87H122Cl2N13O26+. The Labute approximate surface area is 750 Å². The number of fused-ring (bicyclic) bond motifs is 15. The summed E-state index contributed by atoms with van der Waals surface area (Å²) in [5.74, 6) is -16.2. The minimum atomic E-state index is -2.39. The molecule has 0 radical (unpaired) electrons. The number of amides is 7. The lowest BCUT2D eigenvalue weighted by atomic mass is 9.87. The minimum absolute atomic E-state index is 0.0964. The SMILES string of the molecule is CCCCCCCCCCNCCN[C@@]1(C)C[C@H](O[C@H]2[C@H](Oc3c4cc5cc3Oc3ccc(cc3Cl)[C@@H](O)[C@@H](NC(=O)[C@@H](CC(C)C)NC)C(=O)N[C@@H](CC(N)=O)C(=O)N[C@H]5C(=O)N[C@H]3C(=O)N[C@H](C(=O)N[C@H](C(=O)O)c5cc(O)c(CNCCOCCOCC[N+](C)(C)C)c(O)c5-c5cc3ccc5O)[C@H](O)c3ccc(c(Cl)c3)O4)O[C@H](CO)[C@@H](O)[C@@H]2O)O[C@@H](N)[C@H]1O. The number of carboxylic acids is 1. The van der Waals surface area contributed by atoms with E-state index in [1.54, 1.807) is 6.92 Å². The van der Waals surface area contributed by atoms with Crippen LogP contribution in [0.5, 0.6) is 46.0 Å². The third-order valence-electron chi connectivity index (χ3n) is 22.9. The first-order valence-corrected chi connectivity index (χ1v) is 43.7. The van der Waals surface area contributed by atoms with Gasteiger partial charge in [0.05, 0.1) is 87.8 Å². The monoisotopic (exact) mass is 1830 g/mol. The number of carbonyl (C=O) groups is 8. The van der Waals surface area contributed by atoms with E-state index in [0.717, 1.165) is 106 Å². The standard InChI is InChI=1S/C87H121Cl2N13O26/c1-9-10-11-12-13-14-15-16-23-93-24-25-95-87(4)40-63(127-78(91)77(87)112)126-76-74(111)73(110)61(42-103)125-86(76)128-75-59-36-47-37-60(75)124-58-22-19-46(35-52(58)89)71(108)69-84(118)99-67(85(119)120)49-38-56(105)50(41-94-26-28-121-30-31-122-29-27-102(6,7)8)72(109)64(49)48-33-44(17-20-55(48)104)65(81(115)101-69)98-82(116)66(47)97-80(114)54(39-62(90)106)96-83(117)68(100-79(113)53(92-5)32-43(2)3)70(107)45-18-21-57(123-59)51(88)34-45/h17-22,33-38,43,53-54,61,63,65-71,73-74,76-78,86,92-95,103,107-108,110-112H,9-16,23-32,39-42,91H2,1-8H3,(H11-,90,96,97,98,99,100,101,104,105,106,109,113,114,115,116,117,118,119,120)/p+1/t53-,54+,61-,63-,65-,66-,67+,68-,69+,70-,71-,73-,74+,76-,77-,78-,86+,87+/m1/s1. The van der Waals surface area contributed by atoms with E-state index in [-0.39, 0.29) is 84.7 Å². The number of benzene rings is 5. The number of carboxylic acid groups (broad SMARTS) is 1. The van der Waals surface area contributed by atoms with Crippen molar-refractivity contribution in [3.8, 4) is 57.1 Å². The zero-order valence-corrected chi connectivity index (χ0v) is 74.3. The van der Waals surface area contributed by atoms with Crippen molar-refractivity contribution < 1.29 is 132 Å². The first-order chi connectivity index (χ1) is 60.8. The van der Waals surface area contributed by atoms with E-state index in [1.807, 2.05) is 35.0 Å². The molecule has 11 bridgehead atoms. The zero-order chi connectivity index (χ0) is 93.2. The number of aliphatic hydroxyl groups is 6. The second kappa shape index (κ2) is 45.9. The fourth-order valence-corrected chi connectivity index (χ4v) is 16.1. The number of halogens is 2. The first kappa shape index (κ1) is 101. The fourth-order valence-electron chi connectivity index (χ4n) is 15.6. The van der Waals surface area contributed by atoms with Crippen LogP contribution in [-0.2, 0) is 68.6 Å². The molecule has 7 aliphatic heterocycles. The van der Waals surface area contributed by atoms with E-state index in [0.29, 0.717) is 24.2 Å². The number of hydrogen-bond acceptors (Lipinski definition) is 30. The van der Waals surface area contributed by atoms with Crippen molar-refractivity contribution in [3.63, 3.8) is 0 Å². The number of nitrogens with one attached hydrogen (secondary N) is 10. The lowest BCUT2D eigenvalue weighted by Gasteiger charge is -2.48. The maximum Gasteiger partial charge on any atom is 0.330 e. The van der Waals surface area contributed by atoms with Gasteiger partial charge in [-0.05, 0) is 116 Å². The molecule has 0 saturated carbocycles. The normalized spacial score (nSPS) is 25.9. The lowest BCUT2D eigenvalue weighted by molar-refractivity contribution is -0.870. The van der Waals surface area contributed by atoms with Gasteiger partial charge in [0.2, 0.25) is 53.4 Å². The number of carbonyl (C=O) groups excluding carboxylic acids is 7. The van der Waals surface area contributed by atoms with E-state index in [4.69, 9.17) is 72.6 Å². The van der Waals surface area contributed by atoms with Gasteiger partial charge in [-0.3, -0.25) is 33.6 Å². The third-order valence-corrected chi connectivity index (χ3v) is 23.5. The molecule has 0 unspecified atom stereocenters. The van der Waals surface area contributed by atoms with Gasteiger partial charge in [-0.1, -0.05) is 107 Å². The van der Waals surface area contributed by atoms with Crippen molar-refractivity contribution in [3.05, 3.63) is 116 Å². The molecule has 128 heavy (non-hydrogen) atoms. The Bertz CT molecular complexity index is 4710. The Hall–Kier alpha value is -9.44. The average molecular weight is 1840 g/mol. The predicted molar refractivity (Wildman–Crippen MR) is 463 cm³/mol. The summed E-state index contributed by atoms with van der Waals surface area (Å²) < 4.78 is 51.4. The number of rotatable bonds is 37. The molecule has 39 nitrogen and oxygen atoms in total. The van der Waals surface area contributed by atoms with Gasteiger partial charge in [0.15, 0.2) is 29.9 Å². The molecule has 18 atom stereocenters. The number of unbranched alkanes of at least 4 members (excludes halogenated alkanes) is 7. The summed E-state index contributed by atoms with van der Waals surface area (Å²) in [6.07, 6.45) is -10.5. The molecule has 12 rings (SSSR count). The Kier molecular flexibility index (Phi) is 36.1. The van der Waals surface area contributed by atoms with E-state index in [9.17, 15) is 65.4 Å². The van der Waals surface area contributed by atoms with Gasteiger partial charge in [0, 0.05) is 49.3 Å². The van der Waals surface area contributed by atoms with Crippen molar-refractivity contribution in [2.45, 2.75) is 214 Å². The Balaban J connectivity index is 1.14. The Morgan fingerprint density at radius 2 is 1.28 bits per heavy atom. The molecule has 7 aliphatic rings. The minimum Gasteiger partial charge on any atom is -0.507 e. The van der Waals surface area contributed by atoms with Crippen molar-refractivity contribution in [1.82, 2.24) is 53.2 Å². The molecule has 5 aromatic carbocycles. The van der Waals surface area contributed by atoms with Crippen LogP contribution in [0.2, 0.25) is 10.0 Å². The second-order valence-electron chi connectivity index (χ2n) is 34.2. The summed E-state index contributed by atoms with van der Waals surface area (Å²) in [4.78, 5) is 120. The number of aliphatic carboxylic acids is 1. The number of aliphatic hydroxyl groups excluding tert-OH is 6. The van der Waals surface area contributed by atoms with Crippen LogP contribution in [0.4, 0.5) is 0 Å². The number of ether oxygens (including phenoxy) is 8. The van der Waals surface area contributed by atoms with Crippen molar-refractivity contribution in [2.75, 3.05) is 93.9 Å². The largest absolute Gasteiger partial charge is 0.507 e. The number of hydrogen-bond donors (Lipinski definition) is 22. The maximum atomic E-state index is 16.5. The number of phenols is 3. The van der Waals surface area contributed by atoms with Crippen LogP contribution in [0, 0.1) is 5.92 Å². The number of likely N-dealkylation sites (N-methyl/N-ethyl adjacent to an activating group) is 2. The quantitative estimate of drug-likeness (QED) is 0.0200. The molecule has 2 saturated heterocycles. The summed E-state index contributed by atoms with van der Waals surface area (Å²) >= 11 is 14.4. The summed E-state index contributed by atoms with van der Waals surface area (Å²) in [5, 5.41) is 146. The molecule has 7 heterocycles. The molecule has 5 aromatic rings. The lowest BCUT2D eigenvalue weighted by Crippen LogP contribution is -2.67. The Morgan fingerprint density at radius 1 is 0.664 bits per heavy atom. The molecule has 0 spiro atoms. The molecule has 41 heteroatoms. The zero-order valence-electron chi connectivity index (χ0n) is 72.7. The molecule has 0 aliphatic carbocycles. The highest BCUT2D eigenvalue weighted by Gasteiger charge is 2.53. The highest BCUT2D eigenvalue weighted by atomic mass is 35.5. The summed E-state index contributed by atoms with van der Waals surface area (Å²) in [5.41, 5.74) is 7.83. The van der Waals surface area contributed by atoms with Crippen LogP contribution >= 0.6 is 23.2 Å². The van der Waals surface area contributed by atoms with Crippen LogP contribution in [0.1, 0.15) is 162 Å². The van der Waals surface area contributed by atoms with Gasteiger partial charge in [0.1, 0.15) is 108 Å². The van der Waals surface area contributed by atoms with Crippen LogP contribution in [0.3, 0.4) is 0 Å². The van der Waals surface area contributed by atoms with E-state index < -0.39 is 237 Å². The molecular weight excluding hydrogens is 1710 g/mol. The summed E-state index contributed by atoms with van der Waals surface area (Å²) in [6, 6.07) is -1.50. The van der Waals surface area contributed by atoms with E-state index in [1.165, 1.54) is 38.4 Å². The van der Waals surface area contributed by atoms with Crippen LogP contribution < -0.4 is 78.8 Å². The van der Waals surface area contributed by atoms with E-state index >= 15 is 24.0 Å². The summed E-state index contributed by atoms with van der Waals surface area (Å²) in [7, 11) is 7.54. The van der Waals surface area contributed by atoms with Gasteiger partial charge in [-0.25, -0.2) is 4.79 Å². The van der Waals surface area contributed by atoms with Gasteiger partial charge in [-0.2, -0.15) is 0 Å². The molecule has 7 amide bonds. The molecule has 0 aromatic heterocycles. The van der Waals surface area contributed by atoms with E-state index in [2.05, 4.69) is 60.1 Å². The maximum absolute atomic E-state index is 16.5. The van der Waals surface area contributed by atoms with Crippen LogP contribution in [0.25, 0.3) is 11.1 Å². The topological polar surface area (TPSA) is 585 Å². The molecule has 2 fully saturated rings. The van der Waals surface area contributed by atoms with Crippen LogP contribution in [0.15, 0.2) is 72.8 Å². The highest BCUT2D eigenvalue weighted by Crippen LogP contribution is 2.51. The van der Waals surface area contributed by atoms with Gasteiger partial charge in [0.25, 0.3) is 0 Å². The van der Waals surface area contributed by atoms with Crippen molar-refractivity contribution in [1.29, 1.82) is 0 Å². The number of quaternary nitrogens is 1. The predicted octanol–water partition coefficient (Wildman–Crippen LogP) is 2.19. The number of nitrogens with zero attached hydrogens (tertiary/aromatic N) is 1. The number of nitrogens with two attached hydrogens (primary N) is 2. The molecule has 24 N–H and O–H groups in total. The third kappa shape index (κ3) is 25.8. The highest BCUT2D eigenvalue weighted by molar-refractivity contribution is 6.32. The van der Waals surface area contributed by atoms with Crippen LogP contribution in [-0.4, -0.2) is 276 Å². The number of phenolic OH excluding ortho intramolecular Hbond substituents is 3. The number of primary amides is 1. The smallest absolute Gasteiger partial charge is 0.330 e. The van der Waals surface area contributed by atoms with Gasteiger partial charge < -0.3 is 158 Å². The molecule has 704 valence electrons. The first-order valence-electron chi connectivity index (χ1n) is 42.9. The Morgan fingerprint density at radius 3 is 1.90 bits per heavy atom. The number of aromatic hydroxyl groups is 3. The second-order valence-corrected chi connectivity index (χ2v) is 35.0. The fraction of sp³-hybridized carbons (Fsp3) is 0.563. The van der Waals surface area contributed by atoms with Gasteiger partial charge >= 0.3 is 5.97 Å². The van der Waals surface area contributed by atoms with Gasteiger partial charge in [-0.15, -0.1) is 0 Å².